The van der Waals surface area contributed by atoms with E-state index < -0.39 is 0 Å². The van der Waals surface area contributed by atoms with Crippen molar-refractivity contribution < 1.29 is 9.53 Å². The van der Waals surface area contributed by atoms with E-state index in [2.05, 4.69) is 15.5 Å². The molecular formula is C16H27N3O2. The number of piperidine rings is 1. The molecule has 0 radical (unpaired) electrons. The lowest BCUT2D eigenvalue weighted by molar-refractivity contribution is 0.0576. The maximum atomic E-state index is 12.4. The van der Waals surface area contributed by atoms with Gasteiger partial charge < -0.3 is 20.3 Å². The normalized spacial score (nSPS) is 40.6. The second kappa shape index (κ2) is 5.43. The SMILES string of the molecule is O=C1NC2(CC3CCCNC3C2)CN1CC1CCOCC1. The zero-order valence-corrected chi connectivity index (χ0v) is 12.8. The average molecular weight is 293 g/mol. The fraction of sp³-hybridized carbons (Fsp3) is 0.938. The molecule has 5 heteroatoms. The number of nitrogens with one attached hydrogen (secondary N) is 2. The number of rotatable bonds is 2. The maximum absolute atomic E-state index is 12.4. The summed E-state index contributed by atoms with van der Waals surface area (Å²) in [5.74, 6) is 1.39. The van der Waals surface area contributed by atoms with Gasteiger partial charge in [0.2, 0.25) is 0 Å². The van der Waals surface area contributed by atoms with Crippen molar-refractivity contribution >= 4 is 6.03 Å². The summed E-state index contributed by atoms with van der Waals surface area (Å²) in [5, 5.41) is 7.00. The van der Waals surface area contributed by atoms with Gasteiger partial charge in [-0.25, -0.2) is 4.79 Å². The van der Waals surface area contributed by atoms with Crippen LogP contribution in [0.1, 0.15) is 38.5 Å². The van der Waals surface area contributed by atoms with Gasteiger partial charge in [-0.15, -0.1) is 0 Å². The minimum atomic E-state index is 0.0505. The van der Waals surface area contributed by atoms with Crippen LogP contribution < -0.4 is 10.6 Å². The second-order valence-corrected chi connectivity index (χ2v) is 7.52. The van der Waals surface area contributed by atoms with E-state index in [1.807, 2.05) is 0 Å². The van der Waals surface area contributed by atoms with Crippen LogP contribution in [-0.2, 0) is 4.74 Å². The molecule has 1 saturated carbocycles. The van der Waals surface area contributed by atoms with Gasteiger partial charge in [-0.2, -0.15) is 0 Å². The number of carbonyl (C=O) groups excluding carboxylic acids is 1. The van der Waals surface area contributed by atoms with E-state index in [0.29, 0.717) is 12.0 Å². The van der Waals surface area contributed by atoms with E-state index in [0.717, 1.165) is 58.0 Å². The van der Waals surface area contributed by atoms with E-state index in [1.165, 1.54) is 19.3 Å². The lowest BCUT2D eigenvalue weighted by atomic mass is 9.92. The fourth-order valence-corrected chi connectivity index (χ4v) is 4.91. The number of fused-ring (bicyclic) bond motifs is 1. The summed E-state index contributed by atoms with van der Waals surface area (Å²) in [7, 11) is 0. The summed E-state index contributed by atoms with van der Waals surface area (Å²) >= 11 is 0. The maximum Gasteiger partial charge on any atom is 0.317 e. The number of hydrogen-bond donors (Lipinski definition) is 2. The summed E-state index contributed by atoms with van der Waals surface area (Å²) in [5.41, 5.74) is 0.0505. The molecule has 3 unspecified atom stereocenters. The summed E-state index contributed by atoms with van der Waals surface area (Å²) in [6.07, 6.45) is 7.10. The Balaban J connectivity index is 1.39. The summed E-state index contributed by atoms with van der Waals surface area (Å²) in [6.45, 7) is 4.70. The van der Waals surface area contributed by atoms with Crippen molar-refractivity contribution in [2.45, 2.75) is 50.1 Å². The lowest BCUT2D eigenvalue weighted by Gasteiger charge is -2.27. The predicted octanol–water partition coefficient (Wildman–Crippen LogP) is 1.34. The molecule has 0 aromatic heterocycles. The van der Waals surface area contributed by atoms with E-state index in [9.17, 15) is 4.79 Å². The minimum Gasteiger partial charge on any atom is -0.381 e. The summed E-state index contributed by atoms with van der Waals surface area (Å²) in [6, 6.07) is 0.794. The Hall–Kier alpha value is -0.810. The number of amides is 2. The van der Waals surface area contributed by atoms with E-state index in [1.54, 1.807) is 0 Å². The number of carbonyl (C=O) groups is 1. The van der Waals surface area contributed by atoms with Crippen molar-refractivity contribution in [3.8, 4) is 0 Å². The molecule has 2 amide bonds. The van der Waals surface area contributed by atoms with Crippen LogP contribution in [0, 0.1) is 11.8 Å². The molecule has 3 aliphatic heterocycles. The third-order valence-corrected chi connectivity index (χ3v) is 5.96. The van der Waals surface area contributed by atoms with Gasteiger partial charge >= 0.3 is 6.03 Å². The first-order valence-electron chi connectivity index (χ1n) is 8.62. The molecule has 2 N–H and O–H groups in total. The van der Waals surface area contributed by atoms with Crippen molar-refractivity contribution in [2.24, 2.45) is 11.8 Å². The van der Waals surface area contributed by atoms with Crippen molar-refractivity contribution in [1.29, 1.82) is 0 Å². The first-order valence-corrected chi connectivity index (χ1v) is 8.62. The van der Waals surface area contributed by atoms with Crippen LogP contribution in [0.15, 0.2) is 0 Å². The zero-order valence-electron chi connectivity index (χ0n) is 12.8. The Morgan fingerprint density at radius 2 is 2.10 bits per heavy atom. The van der Waals surface area contributed by atoms with Crippen molar-refractivity contribution in [3.05, 3.63) is 0 Å². The molecule has 118 valence electrons. The van der Waals surface area contributed by atoms with Gasteiger partial charge in [-0.05, 0) is 56.9 Å². The largest absolute Gasteiger partial charge is 0.381 e. The summed E-state index contributed by atoms with van der Waals surface area (Å²) < 4.78 is 5.42. The van der Waals surface area contributed by atoms with Crippen LogP contribution in [-0.4, -0.2) is 55.4 Å². The highest BCUT2D eigenvalue weighted by Crippen LogP contribution is 2.41. The Kier molecular flexibility index (Phi) is 3.58. The molecule has 4 rings (SSSR count). The van der Waals surface area contributed by atoms with Crippen LogP contribution in [0.2, 0.25) is 0 Å². The van der Waals surface area contributed by atoms with Crippen LogP contribution in [0.5, 0.6) is 0 Å². The molecule has 0 aromatic rings. The highest BCUT2D eigenvalue weighted by molar-refractivity contribution is 5.78. The van der Waals surface area contributed by atoms with Gasteiger partial charge in [-0.3, -0.25) is 0 Å². The predicted molar refractivity (Wildman–Crippen MR) is 80.1 cm³/mol. The Labute approximate surface area is 126 Å². The van der Waals surface area contributed by atoms with E-state index >= 15 is 0 Å². The molecule has 4 fully saturated rings. The quantitative estimate of drug-likeness (QED) is 0.808. The molecule has 0 bridgehead atoms. The average Bonchev–Trinajstić information content (AvgIpc) is 2.99. The molecule has 5 nitrogen and oxygen atoms in total. The molecule has 0 aromatic carbocycles. The Bertz CT molecular complexity index is 394. The number of urea groups is 1. The molecular weight excluding hydrogens is 266 g/mol. The zero-order chi connectivity index (χ0) is 14.3. The van der Waals surface area contributed by atoms with E-state index in [4.69, 9.17) is 4.74 Å². The smallest absolute Gasteiger partial charge is 0.317 e. The van der Waals surface area contributed by atoms with Crippen molar-refractivity contribution in [1.82, 2.24) is 15.5 Å². The fourth-order valence-electron chi connectivity index (χ4n) is 4.91. The van der Waals surface area contributed by atoms with Crippen LogP contribution in [0.4, 0.5) is 4.79 Å². The van der Waals surface area contributed by atoms with Gasteiger partial charge in [0, 0.05) is 32.3 Å². The van der Waals surface area contributed by atoms with Gasteiger partial charge in [0.05, 0.1) is 5.54 Å². The van der Waals surface area contributed by atoms with E-state index in [-0.39, 0.29) is 11.6 Å². The van der Waals surface area contributed by atoms with Gasteiger partial charge in [0.15, 0.2) is 0 Å². The van der Waals surface area contributed by atoms with Gasteiger partial charge in [0.25, 0.3) is 0 Å². The molecule has 4 aliphatic rings. The monoisotopic (exact) mass is 293 g/mol. The summed E-state index contributed by atoms with van der Waals surface area (Å²) in [4.78, 5) is 14.5. The molecule has 1 spiro atoms. The third kappa shape index (κ3) is 2.66. The topological polar surface area (TPSA) is 53.6 Å². The Morgan fingerprint density at radius 3 is 2.90 bits per heavy atom. The minimum absolute atomic E-state index is 0.0505. The second-order valence-electron chi connectivity index (χ2n) is 7.52. The van der Waals surface area contributed by atoms with Crippen LogP contribution in [0.3, 0.4) is 0 Å². The highest BCUT2D eigenvalue weighted by atomic mass is 16.5. The van der Waals surface area contributed by atoms with Crippen molar-refractivity contribution in [3.63, 3.8) is 0 Å². The first kappa shape index (κ1) is 13.8. The van der Waals surface area contributed by atoms with Crippen molar-refractivity contribution in [2.75, 3.05) is 32.8 Å². The number of nitrogens with zero attached hydrogens (tertiary/aromatic N) is 1. The van der Waals surface area contributed by atoms with Gasteiger partial charge in [0.1, 0.15) is 0 Å². The first-order chi connectivity index (χ1) is 10.2. The van der Waals surface area contributed by atoms with Crippen LogP contribution in [0.25, 0.3) is 0 Å². The Morgan fingerprint density at radius 1 is 1.24 bits per heavy atom. The number of ether oxygens (including phenoxy) is 1. The number of hydrogen-bond acceptors (Lipinski definition) is 3. The third-order valence-electron chi connectivity index (χ3n) is 5.96. The molecule has 3 heterocycles. The highest BCUT2D eigenvalue weighted by Gasteiger charge is 2.51. The molecule has 21 heavy (non-hydrogen) atoms. The molecule has 1 aliphatic carbocycles. The lowest BCUT2D eigenvalue weighted by Crippen LogP contribution is -2.43. The van der Waals surface area contributed by atoms with Crippen LogP contribution >= 0.6 is 0 Å². The molecule has 3 atom stereocenters. The molecule has 3 saturated heterocycles. The van der Waals surface area contributed by atoms with Gasteiger partial charge in [-0.1, -0.05) is 0 Å². The standard InChI is InChI=1S/C16H27N3O2/c20-15-18-16(8-13-2-1-5-17-14(13)9-16)11-19(15)10-12-3-6-21-7-4-12/h12-14,17H,1-11H2,(H,18,20).